The number of nitrogens with zero attached hydrogens (tertiary/aromatic N) is 3. The SMILES string of the molecule is Cc1ncc(-c2nc(-c3cc(C(O)(C(O)OC(=O)C(F)(F)F)C(F)(F)F)ccc3C)cnc2N)s1. The van der Waals surface area contributed by atoms with Crippen LogP contribution in [0.1, 0.15) is 16.1 Å². The summed E-state index contributed by atoms with van der Waals surface area (Å²) in [4.78, 5) is 23.9. The maximum atomic E-state index is 13.8. The van der Waals surface area contributed by atoms with Crippen molar-refractivity contribution in [1.82, 2.24) is 15.0 Å². The molecular formula is C20H16F6N4O4S. The topological polar surface area (TPSA) is 131 Å². The minimum Gasteiger partial charge on any atom is -0.425 e. The normalized spacial score (nSPS) is 14.9. The number of benzene rings is 1. The number of nitrogen functional groups attached to an aromatic ring is 1. The van der Waals surface area contributed by atoms with Crippen LogP contribution in [0.15, 0.2) is 30.6 Å². The molecule has 8 nitrogen and oxygen atoms in total. The van der Waals surface area contributed by atoms with Crippen molar-refractivity contribution in [2.75, 3.05) is 5.73 Å². The highest BCUT2D eigenvalue weighted by molar-refractivity contribution is 7.15. The van der Waals surface area contributed by atoms with E-state index in [0.29, 0.717) is 15.4 Å². The van der Waals surface area contributed by atoms with Gasteiger partial charge in [0.2, 0.25) is 11.9 Å². The third-order valence-corrected chi connectivity index (χ3v) is 5.77. The molecule has 0 radical (unpaired) electrons. The van der Waals surface area contributed by atoms with Crippen molar-refractivity contribution in [2.45, 2.75) is 38.1 Å². The zero-order chi connectivity index (χ0) is 26.3. The van der Waals surface area contributed by atoms with Crippen molar-refractivity contribution in [3.8, 4) is 21.8 Å². The van der Waals surface area contributed by atoms with E-state index in [2.05, 4.69) is 19.7 Å². The molecule has 1 aromatic carbocycles. The summed E-state index contributed by atoms with van der Waals surface area (Å²) in [7, 11) is 0. The summed E-state index contributed by atoms with van der Waals surface area (Å²) >= 11 is 1.23. The summed E-state index contributed by atoms with van der Waals surface area (Å²) in [5.41, 5.74) is 0.859. The molecule has 3 aromatic rings. The number of aliphatic hydroxyl groups excluding tert-OH is 1. The van der Waals surface area contributed by atoms with Crippen LogP contribution in [0, 0.1) is 13.8 Å². The first kappa shape index (κ1) is 26.3. The summed E-state index contributed by atoms with van der Waals surface area (Å²) < 4.78 is 82.4. The second-order valence-corrected chi connectivity index (χ2v) is 8.52. The molecule has 35 heavy (non-hydrogen) atoms. The number of thiazole rings is 1. The Hall–Kier alpha value is -3.30. The molecule has 0 amide bonds. The number of anilines is 1. The molecule has 0 aliphatic rings. The predicted molar refractivity (Wildman–Crippen MR) is 111 cm³/mol. The van der Waals surface area contributed by atoms with Crippen LogP contribution >= 0.6 is 11.3 Å². The molecule has 2 atom stereocenters. The number of alkyl halides is 6. The lowest BCUT2D eigenvalue weighted by molar-refractivity contribution is -0.340. The van der Waals surface area contributed by atoms with Crippen LogP contribution in [0.2, 0.25) is 0 Å². The Morgan fingerprint density at radius 2 is 1.77 bits per heavy atom. The number of ether oxygens (including phenoxy) is 1. The van der Waals surface area contributed by atoms with Crippen LogP contribution in [0.25, 0.3) is 21.8 Å². The number of esters is 1. The molecule has 0 saturated heterocycles. The Morgan fingerprint density at radius 3 is 2.31 bits per heavy atom. The van der Waals surface area contributed by atoms with E-state index in [-0.39, 0.29) is 22.8 Å². The van der Waals surface area contributed by atoms with Crippen LogP contribution in [0.4, 0.5) is 32.2 Å². The van der Waals surface area contributed by atoms with Crippen LogP contribution in [0.3, 0.4) is 0 Å². The Labute approximate surface area is 197 Å². The van der Waals surface area contributed by atoms with Crippen molar-refractivity contribution >= 4 is 23.1 Å². The van der Waals surface area contributed by atoms with Crippen molar-refractivity contribution in [1.29, 1.82) is 0 Å². The van der Waals surface area contributed by atoms with Crippen LogP contribution in [-0.2, 0) is 15.1 Å². The van der Waals surface area contributed by atoms with Gasteiger partial charge in [0.05, 0.1) is 21.8 Å². The average Bonchev–Trinajstić information content (AvgIpc) is 3.18. The predicted octanol–water partition coefficient (Wildman–Crippen LogP) is 3.64. The van der Waals surface area contributed by atoms with Crippen LogP contribution < -0.4 is 5.73 Å². The minimum absolute atomic E-state index is 0.00547. The van der Waals surface area contributed by atoms with Gasteiger partial charge in [0.15, 0.2) is 5.82 Å². The van der Waals surface area contributed by atoms with E-state index in [9.17, 15) is 41.4 Å². The maximum absolute atomic E-state index is 13.8. The molecule has 0 aliphatic carbocycles. The van der Waals surface area contributed by atoms with Gasteiger partial charge in [0, 0.05) is 11.8 Å². The van der Waals surface area contributed by atoms with Gasteiger partial charge in [-0.05, 0) is 31.0 Å². The molecule has 2 aromatic heterocycles. The molecule has 188 valence electrons. The summed E-state index contributed by atoms with van der Waals surface area (Å²) in [5, 5.41) is 20.8. The van der Waals surface area contributed by atoms with Gasteiger partial charge >= 0.3 is 18.3 Å². The number of carbonyl (C=O) groups excluding carboxylic acids is 1. The molecule has 0 bridgehead atoms. The lowest BCUT2D eigenvalue weighted by Gasteiger charge is -2.34. The first-order valence-electron chi connectivity index (χ1n) is 9.47. The Balaban J connectivity index is 2.12. The van der Waals surface area contributed by atoms with Gasteiger partial charge in [-0.2, -0.15) is 26.3 Å². The summed E-state index contributed by atoms with van der Waals surface area (Å²) in [6, 6.07) is 2.57. The Bertz CT molecular complexity index is 1260. The maximum Gasteiger partial charge on any atom is 0.491 e. The number of halogens is 6. The monoisotopic (exact) mass is 522 g/mol. The molecular weight excluding hydrogens is 506 g/mol. The highest BCUT2D eigenvalue weighted by atomic mass is 32.1. The number of rotatable bonds is 5. The third kappa shape index (κ3) is 5.06. The highest BCUT2D eigenvalue weighted by Crippen LogP contribution is 2.44. The van der Waals surface area contributed by atoms with E-state index in [1.807, 2.05) is 0 Å². The number of aryl methyl sites for hydroxylation is 2. The molecule has 2 heterocycles. The summed E-state index contributed by atoms with van der Waals surface area (Å²) in [6.45, 7) is 3.21. The van der Waals surface area contributed by atoms with Crippen molar-refractivity contribution < 1.29 is 46.1 Å². The van der Waals surface area contributed by atoms with Gasteiger partial charge in [0.1, 0.15) is 5.69 Å². The molecule has 0 aliphatic heterocycles. The molecule has 15 heteroatoms. The van der Waals surface area contributed by atoms with Crippen LogP contribution in [-0.4, -0.2) is 49.8 Å². The van der Waals surface area contributed by atoms with Gasteiger partial charge in [0.25, 0.3) is 0 Å². The Kier molecular flexibility index (Phi) is 6.80. The van der Waals surface area contributed by atoms with E-state index in [1.54, 1.807) is 6.92 Å². The molecule has 0 spiro atoms. The van der Waals surface area contributed by atoms with E-state index < -0.39 is 35.8 Å². The fraction of sp³-hybridized carbons (Fsp3) is 0.300. The van der Waals surface area contributed by atoms with Crippen molar-refractivity contribution in [2.24, 2.45) is 0 Å². The van der Waals surface area contributed by atoms with Gasteiger partial charge in [-0.1, -0.05) is 12.1 Å². The van der Waals surface area contributed by atoms with Gasteiger partial charge < -0.3 is 20.7 Å². The quantitative estimate of drug-likeness (QED) is 0.263. The number of aliphatic hydroxyl groups is 2. The lowest BCUT2D eigenvalue weighted by Crippen LogP contribution is -2.54. The lowest BCUT2D eigenvalue weighted by atomic mass is 9.89. The molecule has 4 N–H and O–H groups in total. The zero-order valence-corrected chi connectivity index (χ0v) is 18.6. The standard InChI is InChI=1S/C20H16F6N4O4S/c1-8-3-4-10(18(33,20(24,25)26)16(31)34-17(32)19(21,22)23)5-11(8)12-6-29-15(27)14(30-12)13-7-28-9(2)35-13/h3-7,16,31,33H,1-2H3,(H2,27,29). The van der Waals surface area contributed by atoms with E-state index >= 15 is 0 Å². The number of hydrogen-bond acceptors (Lipinski definition) is 9. The van der Waals surface area contributed by atoms with Crippen molar-refractivity contribution in [3.63, 3.8) is 0 Å². The van der Waals surface area contributed by atoms with E-state index in [4.69, 9.17) is 5.73 Å². The minimum atomic E-state index is -5.76. The smallest absolute Gasteiger partial charge is 0.425 e. The van der Waals surface area contributed by atoms with E-state index in [0.717, 1.165) is 24.4 Å². The zero-order valence-electron chi connectivity index (χ0n) is 17.8. The van der Waals surface area contributed by atoms with Gasteiger partial charge in [-0.25, -0.2) is 19.7 Å². The molecule has 0 fully saturated rings. The number of aromatic nitrogens is 3. The second-order valence-electron chi connectivity index (χ2n) is 7.28. The van der Waals surface area contributed by atoms with Crippen LogP contribution in [0.5, 0.6) is 0 Å². The highest BCUT2D eigenvalue weighted by Gasteiger charge is 2.63. The average molecular weight is 522 g/mol. The summed E-state index contributed by atoms with van der Waals surface area (Å²) in [6.07, 6.45) is -12.5. The number of carbonyl (C=O) groups is 1. The fourth-order valence-corrected chi connectivity index (χ4v) is 3.79. The first-order chi connectivity index (χ1) is 16.1. The third-order valence-electron chi connectivity index (χ3n) is 4.85. The summed E-state index contributed by atoms with van der Waals surface area (Å²) in [5.74, 6) is -3.11. The largest absolute Gasteiger partial charge is 0.491 e. The van der Waals surface area contributed by atoms with Crippen molar-refractivity contribution in [3.05, 3.63) is 46.7 Å². The molecule has 0 saturated carbocycles. The molecule has 3 rings (SSSR count). The first-order valence-corrected chi connectivity index (χ1v) is 10.3. The van der Waals surface area contributed by atoms with Gasteiger partial charge in [-0.3, -0.25) is 0 Å². The second kappa shape index (κ2) is 9.05. The molecule has 2 unspecified atom stereocenters. The van der Waals surface area contributed by atoms with Gasteiger partial charge in [-0.15, -0.1) is 11.3 Å². The number of nitrogens with two attached hydrogens (primary N) is 1. The number of hydrogen-bond donors (Lipinski definition) is 3. The Morgan fingerprint density at radius 1 is 1.11 bits per heavy atom. The fourth-order valence-electron chi connectivity index (χ4n) is 3.02. The van der Waals surface area contributed by atoms with E-state index in [1.165, 1.54) is 24.5 Å².